The van der Waals surface area contributed by atoms with Crippen LogP contribution >= 0.6 is 0 Å². The van der Waals surface area contributed by atoms with Crippen LogP contribution in [-0.4, -0.2) is 0 Å². The molecule has 0 aromatic rings. The lowest BCUT2D eigenvalue weighted by Gasteiger charge is -2.19. The first kappa shape index (κ1) is 30.0. The molecule has 0 nitrogen and oxygen atoms in total. The van der Waals surface area contributed by atoms with Crippen molar-refractivity contribution in [2.24, 2.45) is 23.7 Å². The highest BCUT2D eigenvalue weighted by Gasteiger charge is 2.20. The zero-order valence-electron chi connectivity index (χ0n) is 23.3. The van der Waals surface area contributed by atoms with Gasteiger partial charge >= 0.3 is 0 Å². The summed E-state index contributed by atoms with van der Waals surface area (Å²) < 4.78 is 0. The highest BCUT2D eigenvalue weighted by atomic mass is 14.3. The van der Waals surface area contributed by atoms with E-state index in [0.29, 0.717) is 0 Å². The molecule has 1 aliphatic rings. The van der Waals surface area contributed by atoms with E-state index < -0.39 is 0 Å². The van der Waals surface area contributed by atoms with Crippen LogP contribution in [0.25, 0.3) is 0 Å². The van der Waals surface area contributed by atoms with E-state index in [1.807, 2.05) is 0 Å². The molecule has 0 heterocycles. The van der Waals surface area contributed by atoms with Crippen LogP contribution in [0.4, 0.5) is 0 Å². The Bertz CT molecular complexity index is 368. The quantitative estimate of drug-likeness (QED) is 0.122. The van der Waals surface area contributed by atoms with E-state index in [0.717, 1.165) is 23.7 Å². The van der Waals surface area contributed by atoms with Gasteiger partial charge in [-0.15, -0.1) is 0 Å². The zero-order valence-corrected chi connectivity index (χ0v) is 23.3. The average molecular weight is 449 g/mol. The van der Waals surface area contributed by atoms with E-state index in [1.54, 1.807) is 0 Å². The number of unbranched alkanes of at least 4 members (excludes halogenated alkanes) is 10. The Balaban J connectivity index is 2.02. The zero-order chi connectivity index (χ0) is 23.3. The fourth-order valence-electron chi connectivity index (χ4n) is 5.74. The van der Waals surface area contributed by atoms with Gasteiger partial charge in [0.05, 0.1) is 0 Å². The van der Waals surface area contributed by atoms with Crippen LogP contribution in [0.3, 0.4) is 0 Å². The van der Waals surface area contributed by atoms with Crippen molar-refractivity contribution in [3.8, 4) is 0 Å². The van der Waals surface area contributed by atoms with Gasteiger partial charge in [0.2, 0.25) is 0 Å². The topological polar surface area (TPSA) is 0 Å². The van der Waals surface area contributed by atoms with Gasteiger partial charge in [-0.3, -0.25) is 0 Å². The Labute approximate surface area is 205 Å². The third-order valence-electron chi connectivity index (χ3n) is 8.38. The molecule has 3 atom stereocenters. The SMILES string of the molecule is CCCCCC(CCCCCCCCCC(C)CCC)CCC(C)CCCCCC1CC1. The molecule has 32 heavy (non-hydrogen) atoms. The van der Waals surface area contributed by atoms with Crippen LogP contribution in [0.1, 0.15) is 182 Å². The molecule has 1 fully saturated rings. The molecule has 1 aliphatic carbocycles. The van der Waals surface area contributed by atoms with Crippen LogP contribution in [0.15, 0.2) is 0 Å². The monoisotopic (exact) mass is 449 g/mol. The molecule has 192 valence electrons. The summed E-state index contributed by atoms with van der Waals surface area (Å²) in [5.74, 6) is 4.08. The van der Waals surface area contributed by atoms with Crippen molar-refractivity contribution in [3.63, 3.8) is 0 Å². The Hall–Kier alpha value is 0. The summed E-state index contributed by atoms with van der Waals surface area (Å²) in [5, 5.41) is 0. The molecule has 1 rings (SSSR count). The number of rotatable bonds is 25. The molecular formula is C32H64. The lowest BCUT2D eigenvalue weighted by Crippen LogP contribution is -2.05. The molecule has 0 aliphatic heterocycles. The molecular weight excluding hydrogens is 384 g/mol. The van der Waals surface area contributed by atoms with Crippen LogP contribution in [0, 0.1) is 23.7 Å². The Morgan fingerprint density at radius 2 is 0.969 bits per heavy atom. The largest absolute Gasteiger partial charge is 0.0654 e. The second kappa shape index (κ2) is 21.5. The summed E-state index contributed by atoms with van der Waals surface area (Å²) in [7, 11) is 0. The number of hydrogen-bond acceptors (Lipinski definition) is 0. The Morgan fingerprint density at radius 3 is 1.53 bits per heavy atom. The van der Waals surface area contributed by atoms with Crippen molar-refractivity contribution in [3.05, 3.63) is 0 Å². The smallest absolute Gasteiger partial charge is 0.0414 e. The molecule has 1 saturated carbocycles. The van der Waals surface area contributed by atoms with Crippen LogP contribution in [0.5, 0.6) is 0 Å². The summed E-state index contributed by atoms with van der Waals surface area (Å²) in [6.45, 7) is 9.65. The van der Waals surface area contributed by atoms with Crippen LogP contribution in [-0.2, 0) is 0 Å². The third-order valence-corrected chi connectivity index (χ3v) is 8.38. The third kappa shape index (κ3) is 19.5. The van der Waals surface area contributed by atoms with E-state index in [4.69, 9.17) is 0 Å². The summed E-state index contributed by atoms with van der Waals surface area (Å²) in [4.78, 5) is 0. The highest BCUT2D eigenvalue weighted by molar-refractivity contribution is 4.72. The van der Waals surface area contributed by atoms with E-state index in [9.17, 15) is 0 Å². The maximum absolute atomic E-state index is 2.53. The van der Waals surface area contributed by atoms with Gasteiger partial charge in [0.15, 0.2) is 0 Å². The molecule has 0 spiro atoms. The lowest BCUT2D eigenvalue weighted by atomic mass is 9.87. The van der Waals surface area contributed by atoms with E-state index >= 15 is 0 Å². The standard InChI is InChI=1S/C32H64/c1-5-7-14-22-31(26-25-30(4)21-16-13-18-24-32-27-28-32)23-17-12-10-8-9-11-15-20-29(3)19-6-2/h29-32H,5-28H2,1-4H3. The van der Waals surface area contributed by atoms with Crippen LogP contribution < -0.4 is 0 Å². The predicted molar refractivity (Wildman–Crippen MR) is 147 cm³/mol. The first-order valence-corrected chi connectivity index (χ1v) is 15.7. The van der Waals surface area contributed by atoms with E-state index in [-0.39, 0.29) is 0 Å². The van der Waals surface area contributed by atoms with Gasteiger partial charge in [-0.1, -0.05) is 182 Å². The van der Waals surface area contributed by atoms with Gasteiger partial charge in [0.25, 0.3) is 0 Å². The summed E-state index contributed by atoms with van der Waals surface area (Å²) in [5.41, 5.74) is 0. The Kier molecular flexibility index (Phi) is 20.2. The van der Waals surface area contributed by atoms with Gasteiger partial charge in [-0.2, -0.15) is 0 Å². The van der Waals surface area contributed by atoms with E-state index in [2.05, 4.69) is 27.7 Å². The molecule has 0 heteroatoms. The summed E-state index contributed by atoms with van der Waals surface area (Å²) >= 11 is 0. The van der Waals surface area contributed by atoms with Crippen molar-refractivity contribution in [2.45, 2.75) is 182 Å². The van der Waals surface area contributed by atoms with Gasteiger partial charge < -0.3 is 0 Å². The molecule has 0 radical (unpaired) electrons. The minimum Gasteiger partial charge on any atom is -0.0654 e. The van der Waals surface area contributed by atoms with Gasteiger partial charge in [-0.05, 0) is 23.7 Å². The summed E-state index contributed by atoms with van der Waals surface area (Å²) in [6.07, 6.45) is 35.6. The first-order valence-electron chi connectivity index (χ1n) is 15.7. The Morgan fingerprint density at radius 1 is 0.469 bits per heavy atom. The molecule has 0 amide bonds. The van der Waals surface area contributed by atoms with Crippen molar-refractivity contribution in [1.29, 1.82) is 0 Å². The fourth-order valence-corrected chi connectivity index (χ4v) is 5.74. The molecule has 0 bridgehead atoms. The second-order valence-electron chi connectivity index (χ2n) is 12.1. The van der Waals surface area contributed by atoms with Crippen molar-refractivity contribution in [1.82, 2.24) is 0 Å². The first-order chi connectivity index (χ1) is 15.7. The number of hydrogen-bond donors (Lipinski definition) is 0. The molecule has 0 aromatic heterocycles. The highest BCUT2D eigenvalue weighted by Crippen LogP contribution is 2.34. The predicted octanol–water partition coefficient (Wildman–Crippen LogP) is 11.9. The fraction of sp³-hybridized carbons (Fsp3) is 1.00. The van der Waals surface area contributed by atoms with Gasteiger partial charge in [-0.25, -0.2) is 0 Å². The minimum absolute atomic E-state index is 0.958. The average Bonchev–Trinajstić information content (AvgIpc) is 3.60. The minimum atomic E-state index is 0.958. The van der Waals surface area contributed by atoms with Gasteiger partial charge in [0.1, 0.15) is 0 Å². The van der Waals surface area contributed by atoms with Crippen molar-refractivity contribution in [2.75, 3.05) is 0 Å². The summed E-state index contributed by atoms with van der Waals surface area (Å²) in [6, 6.07) is 0. The molecule has 0 saturated heterocycles. The van der Waals surface area contributed by atoms with Gasteiger partial charge in [0, 0.05) is 0 Å². The normalized spacial score (nSPS) is 16.9. The lowest BCUT2D eigenvalue weighted by molar-refractivity contribution is 0.336. The van der Waals surface area contributed by atoms with Crippen molar-refractivity contribution >= 4 is 0 Å². The van der Waals surface area contributed by atoms with E-state index in [1.165, 1.54) is 154 Å². The maximum atomic E-state index is 2.53. The van der Waals surface area contributed by atoms with Crippen LogP contribution in [0.2, 0.25) is 0 Å². The second-order valence-corrected chi connectivity index (χ2v) is 12.1. The molecule has 3 unspecified atom stereocenters. The maximum Gasteiger partial charge on any atom is -0.0414 e. The molecule has 0 N–H and O–H groups in total. The molecule has 0 aromatic carbocycles. The van der Waals surface area contributed by atoms with Crippen molar-refractivity contribution < 1.29 is 0 Å².